The van der Waals surface area contributed by atoms with Crippen LogP contribution in [-0.2, 0) is 38.0 Å². The number of carbonyl (C=O) groups is 3. The lowest BCUT2D eigenvalue weighted by Gasteiger charge is -2.67. The Hall–Kier alpha value is -4.07. The predicted octanol–water partition coefficient (Wildman–Crippen LogP) is 3.76. The zero-order valence-electron chi connectivity index (χ0n) is 36.9. The van der Waals surface area contributed by atoms with Crippen LogP contribution in [0.25, 0.3) is 0 Å². The Bertz CT molecular complexity index is 2080. The molecule has 3 aliphatic heterocycles. The normalized spacial score (nSPS) is 35.9. The van der Waals surface area contributed by atoms with Crippen molar-refractivity contribution in [2.24, 2.45) is 16.7 Å². The molecule has 12 atom stereocenters. The molecule has 0 spiro atoms. The number of carbonyl (C=O) groups excluding carboxylic acids is 3. The summed E-state index contributed by atoms with van der Waals surface area (Å²) in [5, 5.41) is 40.8. The minimum atomic E-state index is -2.11. The van der Waals surface area contributed by atoms with Gasteiger partial charge < -0.3 is 53.8 Å². The Morgan fingerprint density at radius 3 is 2.38 bits per heavy atom. The molecule has 1 aromatic heterocycles. The highest BCUT2D eigenvalue weighted by atomic mass is 19.1. The highest BCUT2D eigenvalue weighted by Gasteiger charge is 2.75. The van der Waals surface area contributed by atoms with E-state index in [1.165, 1.54) is 6.07 Å². The monoisotopic (exact) mass is 881 g/mol. The van der Waals surface area contributed by atoms with E-state index in [0.29, 0.717) is 56.8 Å². The zero-order valence-corrected chi connectivity index (χ0v) is 36.9. The largest absolute Gasteiger partial charge is 0.456 e. The number of halogens is 1. The van der Waals surface area contributed by atoms with Crippen molar-refractivity contribution in [3.8, 4) is 0 Å². The van der Waals surface area contributed by atoms with Crippen LogP contribution in [-0.4, -0.2) is 142 Å². The minimum Gasteiger partial charge on any atom is -0.456 e. The average molecular weight is 882 g/mol. The molecule has 4 N–H and O–H groups in total. The molecule has 6 aliphatic rings. The fraction of sp³-hybridized carbons (Fsp3) is 0.652. The number of alkyl carbamates (subject to hydrolysis) is 1. The van der Waals surface area contributed by atoms with Gasteiger partial charge in [0, 0.05) is 42.8 Å². The fourth-order valence-electron chi connectivity index (χ4n) is 11.0. The second-order valence-electron chi connectivity index (χ2n) is 19.7. The molecule has 344 valence electrons. The highest BCUT2D eigenvalue weighted by Crippen LogP contribution is 2.66. The van der Waals surface area contributed by atoms with Gasteiger partial charge in [-0.15, -0.1) is 0 Å². The van der Waals surface area contributed by atoms with Gasteiger partial charge in [0.15, 0.2) is 12.4 Å². The number of nitrogens with zero attached hydrogens (tertiary/aromatic N) is 2. The smallest absolute Gasteiger partial charge is 0.408 e. The van der Waals surface area contributed by atoms with Gasteiger partial charge in [-0.3, -0.25) is 9.88 Å². The van der Waals surface area contributed by atoms with Crippen LogP contribution < -0.4 is 5.32 Å². The summed E-state index contributed by atoms with van der Waals surface area (Å²) in [5.41, 5.74) is -5.63. The van der Waals surface area contributed by atoms with Crippen molar-refractivity contribution < 1.29 is 67.3 Å². The standard InChI is InChI=1S/C46H60FN3O13/c1-25-29(59-40(53)34(51)33(28-14-13-27(47)22-48-28)49-41(54)63-42(2,3)4)21-46(56)38(62-39(52)26-11-9-8-10-12-26)36-44(7,16-15-30-45(36,55)24-58-30)37-35(32(25)43(46,5)6)60-31(61-37)23-50-17-19-57-20-18-50/h8-14,22,29-31,33-38,51,55-56H,15-21,23-24H2,1-7H3,(H,49,54)/t29-,30+,31+,33-,34+,35+,36-,37+,38-,44+,45-,46+/m0/s1. The molecule has 8 rings (SSSR count). The Balaban J connectivity index is 1.23. The van der Waals surface area contributed by atoms with Gasteiger partial charge in [-0.05, 0) is 75.9 Å². The van der Waals surface area contributed by atoms with Crippen LogP contribution in [0.2, 0.25) is 0 Å². The van der Waals surface area contributed by atoms with Crippen LogP contribution >= 0.6 is 0 Å². The number of esters is 2. The summed E-state index contributed by atoms with van der Waals surface area (Å²) in [4.78, 5) is 47.9. The third-order valence-electron chi connectivity index (χ3n) is 14.3. The lowest BCUT2D eigenvalue weighted by Crippen LogP contribution is -2.79. The molecular formula is C46H60FN3O13. The first-order valence-corrected chi connectivity index (χ1v) is 21.8. The number of pyridine rings is 1. The minimum absolute atomic E-state index is 0.0593. The number of morpholine rings is 1. The van der Waals surface area contributed by atoms with Gasteiger partial charge in [0.2, 0.25) is 0 Å². The summed E-state index contributed by atoms with van der Waals surface area (Å²) in [6, 6.07) is 9.09. The van der Waals surface area contributed by atoms with Gasteiger partial charge in [-0.2, -0.15) is 0 Å². The van der Waals surface area contributed by atoms with Gasteiger partial charge in [-0.1, -0.05) is 39.0 Å². The Labute approximate surface area is 366 Å². The number of fused-ring (bicyclic) bond motifs is 8. The third kappa shape index (κ3) is 8.17. The average Bonchev–Trinajstić information content (AvgIpc) is 3.63. The van der Waals surface area contributed by atoms with Crippen LogP contribution in [0.5, 0.6) is 0 Å². The second-order valence-corrected chi connectivity index (χ2v) is 19.7. The first-order chi connectivity index (χ1) is 29.7. The van der Waals surface area contributed by atoms with Gasteiger partial charge in [0.1, 0.15) is 47.0 Å². The van der Waals surface area contributed by atoms with E-state index in [0.717, 1.165) is 12.3 Å². The molecule has 3 saturated heterocycles. The van der Waals surface area contributed by atoms with Crippen molar-refractivity contribution in [2.45, 2.75) is 133 Å². The predicted molar refractivity (Wildman–Crippen MR) is 220 cm³/mol. The summed E-state index contributed by atoms with van der Waals surface area (Å²) in [6.07, 6.45) is -7.29. The zero-order chi connectivity index (χ0) is 45.3. The maximum Gasteiger partial charge on any atom is 0.408 e. The number of benzene rings is 1. The van der Waals surface area contributed by atoms with E-state index < -0.39 is 106 Å². The van der Waals surface area contributed by atoms with Gasteiger partial charge in [0.25, 0.3) is 0 Å². The number of nitrogens with one attached hydrogen (secondary N) is 1. The Morgan fingerprint density at radius 1 is 1.03 bits per heavy atom. The molecular weight excluding hydrogens is 822 g/mol. The molecule has 16 nitrogen and oxygen atoms in total. The lowest BCUT2D eigenvalue weighted by atomic mass is 9.45. The van der Waals surface area contributed by atoms with E-state index >= 15 is 0 Å². The fourth-order valence-corrected chi connectivity index (χ4v) is 11.0. The third-order valence-corrected chi connectivity index (χ3v) is 14.3. The summed E-state index contributed by atoms with van der Waals surface area (Å²) in [7, 11) is 0. The van der Waals surface area contributed by atoms with E-state index in [4.69, 9.17) is 33.2 Å². The van der Waals surface area contributed by atoms with Gasteiger partial charge >= 0.3 is 18.0 Å². The summed E-state index contributed by atoms with van der Waals surface area (Å²) in [5.74, 6) is -3.61. The molecule has 1 aromatic carbocycles. The molecule has 0 unspecified atom stereocenters. The number of rotatable bonds is 9. The molecule has 4 heterocycles. The molecule has 5 fully saturated rings. The summed E-state index contributed by atoms with van der Waals surface area (Å²) >= 11 is 0. The van der Waals surface area contributed by atoms with Crippen molar-refractivity contribution in [3.05, 3.63) is 76.9 Å². The Morgan fingerprint density at radius 2 is 1.75 bits per heavy atom. The van der Waals surface area contributed by atoms with E-state index in [-0.39, 0.29) is 24.3 Å². The van der Waals surface area contributed by atoms with E-state index in [1.807, 2.05) is 20.8 Å². The van der Waals surface area contributed by atoms with Crippen molar-refractivity contribution >= 4 is 18.0 Å². The maximum atomic E-state index is 14.3. The molecule has 1 amide bonds. The molecule has 0 radical (unpaired) electrons. The van der Waals surface area contributed by atoms with Crippen LogP contribution in [0.3, 0.4) is 0 Å². The summed E-state index contributed by atoms with van der Waals surface area (Å²) < 4.78 is 57.7. The first-order valence-electron chi connectivity index (χ1n) is 21.8. The van der Waals surface area contributed by atoms with Crippen LogP contribution in [0.1, 0.15) is 89.8 Å². The molecule has 2 saturated carbocycles. The van der Waals surface area contributed by atoms with E-state index in [1.54, 1.807) is 58.0 Å². The van der Waals surface area contributed by atoms with Crippen LogP contribution in [0, 0.1) is 22.6 Å². The lowest BCUT2D eigenvalue weighted by molar-refractivity contribution is -0.343. The van der Waals surface area contributed by atoms with Crippen LogP contribution in [0.15, 0.2) is 59.8 Å². The quantitative estimate of drug-likeness (QED) is 0.161. The van der Waals surface area contributed by atoms with Crippen LogP contribution in [0.4, 0.5) is 9.18 Å². The molecule has 17 heteroatoms. The number of hydrogen-bond acceptors (Lipinski definition) is 15. The van der Waals surface area contributed by atoms with E-state index in [9.17, 15) is 34.1 Å². The number of aromatic nitrogens is 1. The number of amides is 1. The van der Waals surface area contributed by atoms with Gasteiger partial charge in [0.05, 0.1) is 49.5 Å². The first kappa shape index (κ1) is 45.5. The molecule has 2 aromatic rings. The van der Waals surface area contributed by atoms with E-state index in [2.05, 4.69) is 15.2 Å². The van der Waals surface area contributed by atoms with Gasteiger partial charge in [-0.25, -0.2) is 18.8 Å². The topological polar surface area (TPSA) is 205 Å². The van der Waals surface area contributed by atoms with Crippen molar-refractivity contribution in [2.75, 3.05) is 39.5 Å². The second kappa shape index (κ2) is 16.7. The number of ether oxygens (including phenoxy) is 7. The molecule has 2 bridgehead atoms. The maximum absolute atomic E-state index is 14.3. The van der Waals surface area contributed by atoms with Crippen molar-refractivity contribution in [3.63, 3.8) is 0 Å². The van der Waals surface area contributed by atoms with Crippen molar-refractivity contribution in [1.82, 2.24) is 15.2 Å². The Kier molecular flexibility index (Phi) is 12.1. The highest BCUT2D eigenvalue weighted by molar-refractivity contribution is 5.89. The number of aliphatic hydroxyl groups is 3. The summed E-state index contributed by atoms with van der Waals surface area (Å²) in [6.45, 7) is 15.1. The SMILES string of the molecule is CC1=C2[C@H]3O[C@@H](CN4CCOCC4)O[C@H]3[C@]3(C)CC[C@H]4OC[C@@]4(O)[C@H]3[C@H](OC(=O)c3ccccc3)[C@](O)(C[C@@H]1OC(=O)[C@H](O)[C@@H](NC(=O)OC(C)(C)C)c1ccc(F)cn1)C2(C)C. The molecule has 63 heavy (non-hydrogen) atoms. The molecule has 3 aliphatic carbocycles. The number of hydrogen-bond donors (Lipinski definition) is 4. The van der Waals surface area contributed by atoms with Crippen molar-refractivity contribution in [1.29, 1.82) is 0 Å². The number of aliphatic hydroxyl groups excluding tert-OH is 1.